The molecule has 2 fully saturated rings. The first kappa shape index (κ1) is 19.2. The molecular weight excluding hydrogens is 420 g/mol. The molecule has 2 aromatic carbocycles. The predicted molar refractivity (Wildman–Crippen MR) is 123 cm³/mol. The van der Waals surface area contributed by atoms with Gasteiger partial charge in [0.25, 0.3) is 0 Å². The predicted octanol–water partition coefficient (Wildman–Crippen LogP) is 4.45. The molecule has 32 heavy (non-hydrogen) atoms. The fourth-order valence-electron chi connectivity index (χ4n) is 5.37. The monoisotopic (exact) mass is 440 g/mol. The zero-order chi connectivity index (χ0) is 22.0. The molecular formula is C26H20N2O3S. The summed E-state index contributed by atoms with van der Waals surface area (Å²) < 4.78 is 0. The van der Waals surface area contributed by atoms with Crippen molar-refractivity contribution in [3.05, 3.63) is 93.8 Å². The van der Waals surface area contributed by atoms with Crippen LogP contribution in [0.15, 0.2) is 72.2 Å². The third-order valence-electron chi connectivity index (χ3n) is 6.79. The lowest BCUT2D eigenvalue weighted by molar-refractivity contribution is -0.123. The molecule has 0 aliphatic carbocycles. The molecule has 3 aromatic rings. The summed E-state index contributed by atoms with van der Waals surface area (Å²) in [5, 5.41) is 1.86. The highest BCUT2D eigenvalue weighted by molar-refractivity contribution is 7.12. The van der Waals surface area contributed by atoms with E-state index in [0.29, 0.717) is 10.6 Å². The second kappa shape index (κ2) is 7.00. The number of nitrogens with zero attached hydrogens (tertiary/aromatic N) is 2. The molecule has 1 aromatic heterocycles. The summed E-state index contributed by atoms with van der Waals surface area (Å²) in [5.41, 5.74) is 3.62. The molecule has 6 rings (SSSR count). The van der Waals surface area contributed by atoms with Crippen molar-refractivity contribution in [1.29, 1.82) is 0 Å². The van der Waals surface area contributed by atoms with Crippen LogP contribution in [-0.2, 0) is 9.59 Å². The molecule has 3 aliphatic heterocycles. The molecule has 0 unspecified atom stereocenters. The highest BCUT2D eigenvalue weighted by Gasteiger charge is 2.64. The van der Waals surface area contributed by atoms with E-state index in [0.717, 1.165) is 16.7 Å². The number of benzene rings is 2. The van der Waals surface area contributed by atoms with Crippen molar-refractivity contribution in [2.24, 2.45) is 11.8 Å². The van der Waals surface area contributed by atoms with E-state index in [1.54, 1.807) is 18.2 Å². The number of anilines is 1. The highest BCUT2D eigenvalue weighted by atomic mass is 32.1. The number of thiophene rings is 1. The molecule has 158 valence electrons. The van der Waals surface area contributed by atoms with Gasteiger partial charge in [0, 0.05) is 6.20 Å². The van der Waals surface area contributed by atoms with Gasteiger partial charge in [-0.25, -0.2) is 4.90 Å². The van der Waals surface area contributed by atoms with Crippen molar-refractivity contribution < 1.29 is 14.4 Å². The minimum absolute atomic E-state index is 0.103. The van der Waals surface area contributed by atoms with Crippen molar-refractivity contribution in [2.45, 2.75) is 19.0 Å². The van der Waals surface area contributed by atoms with Crippen LogP contribution in [0.2, 0.25) is 0 Å². The van der Waals surface area contributed by atoms with Gasteiger partial charge in [0.2, 0.25) is 11.8 Å². The van der Waals surface area contributed by atoms with Crippen molar-refractivity contribution in [3.63, 3.8) is 0 Å². The van der Waals surface area contributed by atoms with Crippen molar-refractivity contribution in [2.75, 3.05) is 4.90 Å². The lowest BCUT2D eigenvalue weighted by atomic mass is 9.84. The zero-order valence-electron chi connectivity index (χ0n) is 17.3. The molecule has 0 radical (unpaired) electrons. The van der Waals surface area contributed by atoms with Crippen LogP contribution in [0.3, 0.4) is 0 Å². The van der Waals surface area contributed by atoms with Gasteiger partial charge in [-0.05, 0) is 47.7 Å². The Morgan fingerprint density at radius 3 is 2.41 bits per heavy atom. The topological polar surface area (TPSA) is 57.7 Å². The van der Waals surface area contributed by atoms with Gasteiger partial charge in [0.15, 0.2) is 5.78 Å². The SMILES string of the molecule is Cc1ccc(N2C(=O)[C@@H]3[C@H](C2=O)[C@@H]2c4ccccc4C=CN2[C@@H]3C(=O)c2cccs2)cc1. The molecule has 0 spiro atoms. The van der Waals surface area contributed by atoms with E-state index in [1.807, 2.05) is 71.9 Å². The van der Waals surface area contributed by atoms with Crippen LogP contribution in [0.4, 0.5) is 5.69 Å². The van der Waals surface area contributed by atoms with Gasteiger partial charge in [-0.15, -0.1) is 11.3 Å². The van der Waals surface area contributed by atoms with Gasteiger partial charge in [0.05, 0.1) is 28.4 Å². The molecule has 2 saturated heterocycles. The Morgan fingerprint density at radius 1 is 0.906 bits per heavy atom. The van der Waals surface area contributed by atoms with E-state index >= 15 is 0 Å². The van der Waals surface area contributed by atoms with E-state index in [1.165, 1.54) is 16.2 Å². The summed E-state index contributed by atoms with van der Waals surface area (Å²) in [6.07, 6.45) is 3.85. The summed E-state index contributed by atoms with van der Waals surface area (Å²) >= 11 is 1.37. The van der Waals surface area contributed by atoms with Gasteiger partial charge in [-0.3, -0.25) is 14.4 Å². The molecule has 4 heterocycles. The van der Waals surface area contributed by atoms with Crippen LogP contribution >= 0.6 is 11.3 Å². The number of fused-ring (bicyclic) bond motifs is 5. The molecule has 6 heteroatoms. The third kappa shape index (κ3) is 2.59. The largest absolute Gasteiger partial charge is 0.358 e. The fraction of sp³-hybridized carbons (Fsp3) is 0.192. The van der Waals surface area contributed by atoms with E-state index in [-0.39, 0.29) is 23.6 Å². The van der Waals surface area contributed by atoms with Gasteiger partial charge in [-0.1, -0.05) is 48.0 Å². The number of ketones is 1. The summed E-state index contributed by atoms with van der Waals surface area (Å²) in [7, 11) is 0. The fourth-order valence-corrected chi connectivity index (χ4v) is 6.07. The zero-order valence-corrected chi connectivity index (χ0v) is 18.2. The summed E-state index contributed by atoms with van der Waals surface area (Å²) in [4.78, 5) is 44.9. The van der Waals surface area contributed by atoms with E-state index in [9.17, 15) is 14.4 Å². The molecule has 0 bridgehead atoms. The number of aryl methyl sites for hydroxylation is 1. The molecule has 0 N–H and O–H groups in total. The quantitative estimate of drug-likeness (QED) is 0.446. The summed E-state index contributed by atoms with van der Waals surface area (Å²) in [5.74, 6) is -1.96. The second-order valence-electron chi connectivity index (χ2n) is 8.52. The molecule has 3 aliphatic rings. The number of imide groups is 1. The van der Waals surface area contributed by atoms with Crippen LogP contribution in [0.25, 0.3) is 6.08 Å². The summed E-state index contributed by atoms with van der Waals surface area (Å²) in [6, 6.07) is 17.9. The number of rotatable bonds is 3. The van der Waals surface area contributed by atoms with Crippen LogP contribution < -0.4 is 4.90 Å². The van der Waals surface area contributed by atoms with E-state index < -0.39 is 17.9 Å². The van der Waals surface area contributed by atoms with Gasteiger partial charge in [0.1, 0.15) is 6.04 Å². The number of carbonyl (C=O) groups excluding carboxylic acids is 3. The number of Topliss-reactive ketones (excluding diaryl/α,β-unsaturated/α-hetero) is 1. The minimum Gasteiger partial charge on any atom is -0.358 e. The average Bonchev–Trinajstić information content (AvgIpc) is 3.51. The van der Waals surface area contributed by atoms with Crippen molar-refractivity contribution in [3.8, 4) is 0 Å². The third-order valence-corrected chi connectivity index (χ3v) is 7.67. The maximum absolute atomic E-state index is 13.7. The van der Waals surface area contributed by atoms with Crippen molar-refractivity contribution in [1.82, 2.24) is 4.90 Å². The Labute approximate surface area is 189 Å². The lowest BCUT2D eigenvalue weighted by Gasteiger charge is -2.35. The minimum atomic E-state index is -0.723. The Hall–Kier alpha value is -3.51. The number of amides is 2. The first-order valence-electron chi connectivity index (χ1n) is 10.6. The van der Waals surface area contributed by atoms with Crippen molar-refractivity contribution >= 4 is 40.7 Å². The van der Waals surface area contributed by atoms with Crippen LogP contribution in [0, 0.1) is 18.8 Å². The highest BCUT2D eigenvalue weighted by Crippen LogP contribution is 2.53. The first-order chi connectivity index (χ1) is 15.6. The van der Waals surface area contributed by atoms with E-state index in [2.05, 4.69) is 0 Å². The molecule has 2 amide bonds. The van der Waals surface area contributed by atoms with Gasteiger partial charge in [-0.2, -0.15) is 0 Å². The Bertz CT molecular complexity index is 1280. The van der Waals surface area contributed by atoms with Gasteiger partial charge >= 0.3 is 0 Å². The van der Waals surface area contributed by atoms with Crippen LogP contribution in [0.1, 0.15) is 32.4 Å². The first-order valence-corrected chi connectivity index (χ1v) is 11.5. The second-order valence-corrected chi connectivity index (χ2v) is 9.47. The smallest absolute Gasteiger partial charge is 0.240 e. The summed E-state index contributed by atoms with van der Waals surface area (Å²) in [6.45, 7) is 1.96. The van der Waals surface area contributed by atoms with Crippen LogP contribution in [0.5, 0.6) is 0 Å². The average molecular weight is 441 g/mol. The molecule has 0 saturated carbocycles. The molecule has 5 nitrogen and oxygen atoms in total. The lowest BCUT2D eigenvalue weighted by Crippen LogP contribution is -2.44. The van der Waals surface area contributed by atoms with Gasteiger partial charge < -0.3 is 4.90 Å². The van der Waals surface area contributed by atoms with Crippen LogP contribution in [-0.4, -0.2) is 28.5 Å². The van der Waals surface area contributed by atoms with E-state index in [4.69, 9.17) is 0 Å². The Balaban J connectivity index is 1.50. The maximum atomic E-state index is 13.7. The standard InChI is InChI=1S/C26H20N2O3S/c1-15-8-10-17(11-9-15)28-25(30)20-21(26(28)31)23(24(29)19-7-4-14-32-19)27-13-12-16-5-2-3-6-18(16)22(20)27/h2-14,20-23H,1H3/t20-,21+,22-,23-/m0/s1. The number of carbonyl (C=O) groups is 3. The Morgan fingerprint density at radius 2 is 1.66 bits per heavy atom. The molecule has 4 atom stereocenters. The Kier molecular flexibility index (Phi) is 4.20. The number of hydrogen-bond acceptors (Lipinski definition) is 5. The maximum Gasteiger partial charge on any atom is 0.240 e. The number of hydrogen-bond donors (Lipinski definition) is 0. The normalized spacial score (nSPS) is 25.7.